The molecule has 2 amide bonds. The van der Waals surface area contributed by atoms with Crippen LogP contribution in [0.15, 0.2) is 48.5 Å². The van der Waals surface area contributed by atoms with Gasteiger partial charge in [0.2, 0.25) is 0 Å². The van der Waals surface area contributed by atoms with Gasteiger partial charge in [-0.05, 0) is 55.2 Å². The fourth-order valence-corrected chi connectivity index (χ4v) is 3.24. The Bertz CT molecular complexity index is 818. The molecule has 0 aliphatic carbocycles. The lowest BCUT2D eigenvalue weighted by atomic mass is 9.97. The molecule has 0 radical (unpaired) electrons. The van der Waals surface area contributed by atoms with Gasteiger partial charge in [0.15, 0.2) is 0 Å². The van der Waals surface area contributed by atoms with E-state index in [1.165, 1.54) is 24.3 Å². The standard InChI is InChI=1S/C21H21FN2O3/c22-19-9-7-17(8-10-19)20(26)23-12-16-2-1-11-24(13-16)21(27)18-5-3-15(14-25)4-6-18/h3-10,14,16H,1-2,11-13H2,(H,23,26)/t16-/m0/s1. The zero-order valence-corrected chi connectivity index (χ0v) is 14.9. The summed E-state index contributed by atoms with van der Waals surface area (Å²) in [6, 6.07) is 12.0. The number of aldehydes is 1. The van der Waals surface area contributed by atoms with Gasteiger partial charge in [0.25, 0.3) is 11.8 Å². The zero-order valence-electron chi connectivity index (χ0n) is 14.9. The molecular formula is C21H21FN2O3. The van der Waals surface area contributed by atoms with E-state index in [0.717, 1.165) is 19.1 Å². The van der Waals surface area contributed by atoms with E-state index in [1.807, 2.05) is 0 Å². The lowest BCUT2D eigenvalue weighted by Gasteiger charge is -2.33. The molecule has 1 N–H and O–H groups in total. The molecule has 0 aromatic heterocycles. The molecule has 0 saturated carbocycles. The predicted octanol–water partition coefficient (Wildman–Crippen LogP) is 2.92. The van der Waals surface area contributed by atoms with Gasteiger partial charge in [0, 0.05) is 36.3 Å². The first-order chi connectivity index (χ1) is 13.1. The summed E-state index contributed by atoms with van der Waals surface area (Å²) in [7, 11) is 0. The second-order valence-corrected chi connectivity index (χ2v) is 6.72. The quantitative estimate of drug-likeness (QED) is 0.825. The molecule has 1 atom stereocenters. The molecule has 1 heterocycles. The number of likely N-dealkylation sites (tertiary alicyclic amines) is 1. The predicted molar refractivity (Wildman–Crippen MR) is 99.2 cm³/mol. The third-order valence-electron chi connectivity index (χ3n) is 4.76. The van der Waals surface area contributed by atoms with Crippen molar-refractivity contribution in [2.24, 2.45) is 5.92 Å². The molecule has 0 bridgehead atoms. The third-order valence-corrected chi connectivity index (χ3v) is 4.76. The number of carbonyl (C=O) groups is 3. The fourth-order valence-electron chi connectivity index (χ4n) is 3.24. The Hall–Kier alpha value is -3.02. The minimum absolute atomic E-state index is 0.0676. The molecule has 1 saturated heterocycles. The molecule has 5 nitrogen and oxygen atoms in total. The van der Waals surface area contributed by atoms with Crippen molar-refractivity contribution in [1.82, 2.24) is 10.2 Å². The summed E-state index contributed by atoms with van der Waals surface area (Å²) in [5.74, 6) is -0.527. The van der Waals surface area contributed by atoms with Crippen LogP contribution in [0.25, 0.3) is 0 Å². The van der Waals surface area contributed by atoms with Crippen molar-refractivity contribution in [1.29, 1.82) is 0 Å². The number of carbonyl (C=O) groups excluding carboxylic acids is 3. The first-order valence-corrected chi connectivity index (χ1v) is 8.95. The molecule has 1 aliphatic rings. The maximum Gasteiger partial charge on any atom is 0.253 e. The highest BCUT2D eigenvalue weighted by Gasteiger charge is 2.25. The van der Waals surface area contributed by atoms with Gasteiger partial charge in [-0.1, -0.05) is 12.1 Å². The molecule has 1 fully saturated rings. The summed E-state index contributed by atoms with van der Waals surface area (Å²) < 4.78 is 12.9. The van der Waals surface area contributed by atoms with Crippen molar-refractivity contribution in [3.05, 3.63) is 71.0 Å². The average Bonchev–Trinajstić information content (AvgIpc) is 2.72. The van der Waals surface area contributed by atoms with Crippen molar-refractivity contribution >= 4 is 18.1 Å². The Morgan fingerprint density at radius 2 is 1.74 bits per heavy atom. The molecule has 2 aromatic rings. The Morgan fingerprint density at radius 3 is 2.41 bits per heavy atom. The second-order valence-electron chi connectivity index (χ2n) is 6.72. The highest BCUT2D eigenvalue weighted by molar-refractivity contribution is 5.95. The Kier molecular flexibility index (Phi) is 5.96. The summed E-state index contributed by atoms with van der Waals surface area (Å²) >= 11 is 0. The van der Waals surface area contributed by atoms with Crippen LogP contribution >= 0.6 is 0 Å². The third kappa shape index (κ3) is 4.78. The van der Waals surface area contributed by atoms with Gasteiger partial charge in [-0.3, -0.25) is 14.4 Å². The molecule has 2 aromatic carbocycles. The van der Waals surface area contributed by atoms with Crippen LogP contribution in [-0.4, -0.2) is 42.6 Å². The summed E-state index contributed by atoms with van der Waals surface area (Å²) in [5.41, 5.74) is 1.50. The fraction of sp³-hybridized carbons (Fsp3) is 0.286. The largest absolute Gasteiger partial charge is 0.352 e. The number of nitrogens with one attached hydrogen (secondary N) is 1. The SMILES string of the molecule is O=Cc1ccc(C(=O)N2CCC[C@@H](CNC(=O)c3ccc(F)cc3)C2)cc1. The average molecular weight is 368 g/mol. The molecule has 0 unspecified atom stereocenters. The lowest BCUT2D eigenvalue weighted by molar-refractivity contribution is 0.0670. The van der Waals surface area contributed by atoms with Crippen LogP contribution in [0.4, 0.5) is 4.39 Å². The Labute approximate surface area is 157 Å². The van der Waals surface area contributed by atoms with E-state index < -0.39 is 0 Å². The summed E-state index contributed by atoms with van der Waals surface area (Å²) in [4.78, 5) is 37.3. The van der Waals surface area contributed by atoms with Crippen molar-refractivity contribution in [3.63, 3.8) is 0 Å². The van der Waals surface area contributed by atoms with Gasteiger partial charge < -0.3 is 10.2 Å². The van der Waals surface area contributed by atoms with E-state index in [0.29, 0.717) is 36.3 Å². The number of hydrogen-bond donors (Lipinski definition) is 1. The number of benzene rings is 2. The van der Waals surface area contributed by atoms with Gasteiger partial charge in [-0.25, -0.2) is 4.39 Å². The van der Waals surface area contributed by atoms with E-state index in [9.17, 15) is 18.8 Å². The minimum Gasteiger partial charge on any atom is -0.352 e. The van der Waals surface area contributed by atoms with Crippen molar-refractivity contribution in [2.75, 3.05) is 19.6 Å². The van der Waals surface area contributed by atoms with Crippen molar-refractivity contribution < 1.29 is 18.8 Å². The molecule has 140 valence electrons. The normalized spacial score (nSPS) is 16.6. The maximum absolute atomic E-state index is 12.9. The van der Waals surface area contributed by atoms with E-state index >= 15 is 0 Å². The number of hydrogen-bond acceptors (Lipinski definition) is 3. The van der Waals surface area contributed by atoms with Crippen LogP contribution in [0.3, 0.4) is 0 Å². The molecule has 1 aliphatic heterocycles. The molecule has 3 rings (SSSR count). The Balaban J connectivity index is 1.55. The monoisotopic (exact) mass is 368 g/mol. The van der Waals surface area contributed by atoms with Crippen molar-refractivity contribution in [2.45, 2.75) is 12.8 Å². The zero-order chi connectivity index (χ0) is 19.2. The molecule has 27 heavy (non-hydrogen) atoms. The molecule has 6 heteroatoms. The van der Waals surface area contributed by atoms with Crippen LogP contribution in [0, 0.1) is 11.7 Å². The number of halogens is 1. The van der Waals surface area contributed by atoms with Gasteiger partial charge in [-0.2, -0.15) is 0 Å². The van der Waals surface area contributed by atoms with E-state index in [4.69, 9.17) is 0 Å². The van der Waals surface area contributed by atoms with E-state index in [-0.39, 0.29) is 23.5 Å². The number of nitrogens with zero attached hydrogens (tertiary/aromatic N) is 1. The summed E-state index contributed by atoms with van der Waals surface area (Å²) in [5, 5.41) is 2.86. The number of amides is 2. The van der Waals surface area contributed by atoms with Crippen molar-refractivity contribution in [3.8, 4) is 0 Å². The van der Waals surface area contributed by atoms with E-state index in [1.54, 1.807) is 29.2 Å². The van der Waals surface area contributed by atoms with Crippen LogP contribution in [0.5, 0.6) is 0 Å². The lowest BCUT2D eigenvalue weighted by Crippen LogP contribution is -2.43. The van der Waals surface area contributed by atoms with Gasteiger partial charge in [0.05, 0.1) is 0 Å². The van der Waals surface area contributed by atoms with Crippen LogP contribution in [-0.2, 0) is 0 Å². The highest BCUT2D eigenvalue weighted by atomic mass is 19.1. The summed E-state index contributed by atoms with van der Waals surface area (Å²) in [6.45, 7) is 1.71. The maximum atomic E-state index is 12.9. The number of rotatable bonds is 5. The molecular weight excluding hydrogens is 347 g/mol. The first kappa shape index (κ1) is 18.8. The van der Waals surface area contributed by atoms with E-state index in [2.05, 4.69) is 5.32 Å². The van der Waals surface area contributed by atoms with Crippen LogP contribution < -0.4 is 5.32 Å². The summed E-state index contributed by atoms with van der Waals surface area (Å²) in [6.07, 6.45) is 2.54. The van der Waals surface area contributed by atoms with Crippen LogP contribution in [0.1, 0.15) is 43.9 Å². The minimum atomic E-state index is -0.380. The van der Waals surface area contributed by atoms with Gasteiger partial charge in [0.1, 0.15) is 12.1 Å². The highest BCUT2D eigenvalue weighted by Crippen LogP contribution is 2.18. The first-order valence-electron chi connectivity index (χ1n) is 8.95. The molecule has 0 spiro atoms. The smallest absolute Gasteiger partial charge is 0.253 e. The second kappa shape index (κ2) is 8.58. The number of piperidine rings is 1. The van der Waals surface area contributed by atoms with Gasteiger partial charge in [-0.15, -0.1) is 0 Å². The topological polar surface area (TPSA) is 66.5 Å². The Morgan fingerprint density at radius 1 is 1.07 bits per heavy atom. The van der Waals surface area contributed by atoms with Crippen LogP contribution in [0.2, 0.25) is 0 Å². The van der Waals surface area contributed by atoms with Gasteiger partial charge >= 0.3 is 0 Å².